The Kier molecular flexibility index (Phi) is 9.20. The minimum Gasteiger partial charge on any atom is -0.506 e. The van der Waals surface area contributed by atoms with Gasteiger partial charge in [-0.25, -0.2) is 0 Å². The third kappa shape index (κ3) is 5.18. The van der Waals surface area contributed by atoms with Crippen molar-refractivity contribution >= 4 is 39.2 Å². The molecule has 0 saturated heterocycles. The molecule has 42 heavy (non-hydrogen) atoms. The van der Waals surface area contributed by atoms with Crippen molar-refractivity contribution in [1.29, 1.82) is 0 Å². The van der Waals surface area contributed by atoms with Crippen molar-refractivity contribution in [3.63, 3.8) is 0 Å². The lowest BCUT2D eigenvalue weighted by molar-refractivity contribution is -0.446. The van der Waals surface area contributed by atoms with E-state index in [1.165, 1.54) is 38.5 Å². The van der Waals surface area contributed by atoms with Gasteiger partial charge in [0.1, 0.15) is 5.76 Å². The fraction of sp³-hybridized carbons (Fsp3) is 0.474. The second-order valence-electron chi connectivity index (χ2n) is 12.4. The zero-order chi connectivity index (χ0) is 30.0. The molecule has 1 aromatic heterocycles. The summed E-state index contributed by atoms with van der Waals surface area (Å²) >= 11 is 0. The molecule has 5 rings (SSSR count). The molecule has 0 radical (unpaired) electrons. The van der Waals surface area contributed by atoms with Crippen LogP contribution in [0.2, 0.25) is 0 Å². The van der Waals surface area contributed by atoms with Gasteiger partial charge >= 0.3 is 0 Å². The molecule has 1 aliphatic heterocycles. The fourth-order valence-corrected chi connectivity index (χ4v) is 7.18. The number of allylic oxidation sites excluding steroid dienone is 3. The zero-order valence-electron chi connectivity index (χ0n) is 26.6. The third-order valence-corrected chi connectivity index (χ3v) is 9.86. The number of hydrogen-bond donors (Lipinski definition) is 1. The van der Waals surface area contributed by atoms with Crippen molar-refractivity contribution < 1.29 is 14.5 Å². The van der Waals surface area contributed by atoms with Gasteiger partial charge in [-0.15, -0.1) is 0 Å². The van der Waals surface area contributed by atoms with Crippen molar-refractivity contribution in [3.8, 4) is 0 Å². The minimum atomic E-state index is -0.0412. The molecule has 0 bridgehead atoms. The van der Waals surface area contributed by atoms with Gasteiger partial charge in [0.2, 0.25) is 11.5 Å². The number of ketones is 1. The monoisotopic (exact) mass is 565 g/mol. The van der Waals surface area contributed by atoms with E-state index in [4.69, 9.17) is 0 Å². The summed E-state index contributed by atoms with van der Waals surface area (Å²) in [5.41, 5.74) is 8.23. The maximum atomic E-state index is 14.1. The van der Waals surface area contributed by atoms with Crippen LogP contribution in [0.25, 0.3) is 22.0 Å². The lowest BCUT2D eigenvalue weighted by atomic mass is 9.78. The second-order valence-corrected chi connectivity index (χ2v) is 12.4. The lowest BCUT2D eigenvalue weighted by Gasteiger charge is -2.24. The molecule has 4 nitrogen and oxygen atoms in total. The Morgan fingerprint density at radius 2 is 1.45 bits per heavy atom. The normalized spacial score (nSPS) is 18.2. The van der Waals surface area contributed by atoms with Crippen LogP contribution in [-0.2, 0) is 11.3 Å². The molecule has 3 aromatic rings. The summed E-state index contributed by atoms with van der Waals surface area (Å²) in [6, 6.07) is 16.7. The molecule has 2 heterocycles. The average Bonchev–Trinajstić information content (AvgIpc) is 3.43. The smallest absolute Gasteiger partial charge is 0.213 e. The van der Waals surface area contributed by atoms with E-state index in [1.54, 1.807) is 0 Å². The van der Waals surface area contributed by atoms with Gasteiger partial charge in [0, 0.05) is 47.6 Å². The lowest BCUT2D eigenvalue weighted by Crippen LogP contribution is -2.25. The first-order valence-electron chi connectivity index (χ1n) is 16.4. The molecule has 2 atom stereocenters. The van der Waals surface area contributed by atoms with E-state index in [1.807, 2.05) is 12.1 Å². The van der Waals surface area contributed by atoms with Gasteiger partial charge in [0.15, 0.2) is 12.3 Å². The van der Waals surface area contributed by atoms with E-state index in [0.29, 0.717) is 23.0 Å². The molecule has 1 aliphatic carbocycles. The van der Waals surface area contributed by atoms with Gasteiger partial charge in [0.05, 0.1) is 22.3 Å². The quantitative estimate of drug-likeness (QED) is 0.166. The molecule has 0 saturated carbocycles. The summed E-state index contributed by atoms with van der Waals surface area (Å²) in [6.45, 7) is 15.2. The first-order chi connectivity index (χ1) is 20.4. The van der Waals surface area contributed by atoms with Gasteiger partial charge in [0.25, 0.3) is 0 Å². The summed E-state index contributed by atoms with van der Waals surface area (Å²) in [5, 5.41) is 12.8. The number of unbranched alkanes of at least 4 members (excludes halogenated alkanes) is 2. The number of carbonyl (C=O) groups is 1. The topological polar surface area (TPSA) is 45.2 Å². The largest absolute Gasteiger partial charge is 0.506 e. The Balaban J connectivity index is 1.61. The first-order valence-corrected chi connectivity index (χ1v) is 16.4. The molecule has 222 valence electrons. The number of aliphatic hydroxyl groups is 1. The highest BCUT2D eigenvalue weighted by Crippen LogP contribution is 2.47. The highest BCUT2D eigenvalue weighted by molar-refractivity contribution is 6.47. The van der Waals surface area contributed by atoms with Crippen molar-refractivity contribution in [3.05, 3.63) is 76.7 Å². The second kappa shape index (κ2) is 12.9. The molecule has 2 aromatic carbocycles. The summed E-state index contributed by atoms with van der Waals surface area (Å²) < 4.78 is 4.77. The molecule has 2 unspecified atom stereocenters. The molecular weight excluding hydrogens is 516 g/mol. The van der Waals surface area contributed by atoms with Crippen LogP contribution in [0.3, 0.4) is 0 Å². The molecule has 2 aliphatic rings. The number of hydrogen-bond acceptors (Lipinski definition) is 2. The number of aromatic nitrogens is 1. The maximum absolute atomic E-state index is 14.1. The van der Waals surface area contributed by atoms with Gasteiger partial charge in [-0.3, -0.25) is 4.79 Å². The Labute approximate surface area is 252 Å². The predicted octanol–water partition coefficient (Wildman–Crippen LogP) is 9.81. The van der Waals surface area contributed by atoms with Crippen LogP contribution < -0.4 is 0 Å². The number of benzene rings is 2. The van der Waals surface area contributed by atoms with Gasteiger partial charge in [-0.05, 0) is 44.2 Å². The highest BCUT2D eigenvalue weighted by atomic mass is 16.3. The van der Waals surface area contributed by atoms with Crippen LogP contribution in [0.4, 0.5) is 5.69 Å². The van der Waals surface area contributed by atoms with Crippen molar-refractivity contribution in [2.45, 2.75) is 99.5 Å². The fourth-order valence-electron chi connectivity index (χ4n) is 7.18. The van der Waals surface area contributed by atoms with Crippen molar-refractivity contribution in [1.82, 2.24) is 4.57 Å². The van der Waals surface area contributed by atoms with Gasteiger partial charge in [-0.1, -0.05) is 90.1 Å². The number of para-hydroxylation sites is 2. The summed E-state index contributed by atoms with van der Waals surface area (Å²) in [7, 11) is 0. The third-order valence-electron chi connectivity index (χ3n) is 9.86. The van der Waals surface area contributed by atoms with Crippen LogP contribution in [0.15, 0.2) is 59.9 Å². The number of nitrogens with zero attached hydrogens (tertiary/aromatic N) is 2. The number of aliphatic hydroxyl groups excluding tert-OH is 1. The predicted molar refractivity (Wildman–Crippen MR) is 177 cm³/mol. The number of fused-ring (bicyclic) bond motifs is 2. The molecule has 0 fully saturated rings. The van der Waals surface area contributed by atoms with Crippen LogP contribution in [0, 0.1) is 18.8 Å². The molecule has 0 amide bonds. The number of carbonyl (C=O) groups excluding carboxylic acids is 1. The van der Waals surface area contributed by atoms with Crippen molar-refractivity contribution in [2.75, 3.05) is 6.54 Å². The standard InChI is InChI=1S/C38H48N2O2/c1-7-11-17-27(9-3)23-39-25(5)33(29-19-13-15-21-31(29)39)35-37(41)36(38(35)42)34-26(6)40(24-28(10-4)18-12-8-2)32-22-16-14-20-30(32)34/h13-16,19-22,27-28H,7-12,17-18,23-24H2,1-6H3/p+1. The summed E-state index contributed by atoms with van der Waals surface area (Å²) in [6.07, 6.45) is 9.55. The zero-order valence-corrected chi connectivity index (χ0v) is 26.6. The van der Waals surface area contributed by atoms with E-state index >= 15 is 0 Å². The Bertz CT molecular complexity index is 1580. The Hall–Kier alpha value is -3.40. The van der Waals surface area contributed by atoms with E-state index in [0.717, 1.165) is 70.6 Å². The van der Waals surface area contributed by atoms with Crippen LogP contribution >= 0.6 is 0 Å². The van der Waals surface area contributed by atoms with E-state index in [2.05, 4.69) is 87.1 Å². The first kappa shape index (κ1) is 30.1. The maximum Gasteiger partial charge on any atom is 0.213 e. The van der Waals surface area contributed by atoms with Gasteiger partial charge in [-0.2, -0.15) is 4.58 Å². The van der Waals surface area contributed by atoms with E-state index < -0.39 is 0 Å². The van der Waals surface area contributed by atoms with E-state index in [9.17, 15) is 9.90 Å². The number of Topliss-reactive ketones (excluding diaryl/α,β-unsaturated/α-hetero) is 1. The minimum absolute atomic E-state index is 0.0412. The summed E-state index contributed by atoms with van der Waals surface area (Å²) in [5.74, 6) is 1.29. The van der Waals surface area contributed by atoms with Crippen LogP contribution in [-0.4, -0.2) is 32.3 Å². The van der Waals surface area contributed by atoms with Crippen molar-refractivity contribution in [2.24, 2.45) is 11.8 Å². The average molecular weight is 566 g/mol. The van der Waals surface area contributed by atoms with Crippen LogP contribution in [0.1, 0.15) is 103 Å². The Morgan fingerprint density at radius 1 is 0.810 bits per heavy atom. The van der Waals surface area contributed by atoms with Crippen LogP contribution in [0.5, 0.6) is 0 Å². The van der Waals surface area contributed by atoms with Gasteiger partial charge < -0.3 is 9.67 Å². The SMILES string of the molecule is CCCCC(CC)Cn1c(C)c(C2=C(O)/C(=C3\C(C)=[N+](CC(CC)CCCC)c4ccccc43)C2=O)c2ccccc21. The number of rotatable bonds is 13. The molecular formula is C38H49N2O2+. The Morgan fingerprint density at radius 3 is 2.12 bits per heavy atom. The summed E-state index contributed by atoms with van der Waals surface area (Å²) in [4.78, 5) is 14.1. The highest BCUT2D eigenvalue weighted by Gasteiger charge is 2.45. The molecule has 4 heteroatoms. The molecule has 1 N–H and O–H groups in total. The van der Waals surface area contributed by atoms with E-state index in [-0.39, 0.29) is 11.5 Å². The molecule has 0 spiro atoms.